The minimum absolute atomic E-state index is 0.638. The van der Waals surface area contributed by atoms with Crippen LogP contribution in [-0.2, 0) is 12.1 Å². The van der Waals surface area contributed by atoms with Gasteiger partial charge in [-0.2, -0.15) is 0 Å². The van der Waals surface area contributed by atoms with Crippen LogP contribution in [0.25, 0.3) is 5.57 Å². The van der Waals surface area contributed by atoms with Gasteiger partial charge in [-0.15, -0.1) is 0 Å². The molecule has 0 aliphatic rings. The van der Waals surface area contributed by atoms with E-state index < -0.39 is 5.67 Å². The number of nitrogens with zero attached hydrogens (tertiary/aromatic N) is 1. The summed E-state index contributed by atoms with van der Waals surface area (Å²) in [6.07, 6.45) is 8.46. The summed E-state index contributed by atoms with van der Waals surface area (Å²) >= 11 is 0. The fourth-order valence-electron chi connectivity index (χ4n) is 3.51. The number of hydrogen-bond donors (Lipinski definition) is 2. The number of anilines is 1. The molecule has 0 amide bonds. The lowest BCUT2D eigenvalue weighted by atomic mass is 9.99. The molecule has 3 nitrogen and oxygen atoms in total. The maximum absolute atomic E-state index is 14.3. The van der Waals surface area contributed by atoms with Crippen LogP contribution in [0.2, 0.25) is 0 Å². The summed E-state index contributed by atoms with van der Waals surface area (Å²) in [6, 6.07) is 15.8. The van der Waals surface area contributed by atoms with Crippen molar-refractivity contribution in [1.82, 2.24) is 5.32 Å². The second-order valence-corrected chi connectivity index (χ2v) is 9.02. The Morgan fingerprint density at radius 1 is 1.11 bits per heavy atom. The lowest BCUT2D eigenvalue weighted by Crippen LogP contribution is -2.12. The summed E-state index contributed by atoms with van der Waals surface area (Å²) < 4.78 is 14.3. The van der Waals surface area contributed by atoms with Crippen LogP contribution in [0.3, 0.4) is 0 Å². The predicted molar refractivity (Wildman–Crippen MR) is 151 cm³/mol. The van der Waals surface area contributed by atoms with Crippen molar-refractivity contribution in [1.29, 1.82) is 0 Å². The van der Waals surface area contributed by atoms with Crippen molar-refractivity contribution in [2.45, 2.75) is 46.7 Å². The SMILES string of the molecule is C=C/C(=C\C(C)=C(/C)N/C(C=NC)=C/C)c1ccc(CC(=C)Nc2cccc(C(C)(C)F)c2)cc1. The molecule has 0 atom stereocenters. The molecule has 2 aromatic rings. The second kappa shape index (κ2) is 12.7. The first-order valence-corrected chi connectivity index (χ1v) is 11.8. The first kappa shape index (κ1) is 27.6. The number of hydrogen-bond acceptors (Lipinski definition) is 3. The molecule has 0 unspecified atom stereocenters. The Kier molecular flexibility index (Phi) is 10.0. The molecule has 0 aliphatic heterocycles. The van der Waals surface area contributed by atoms with Crippen LogP contribution in [0.1, 0.15) is 51.3 Å². The van der Waals surface area contributed by atoms with E-state index in [4.69, 9.17) is 0 Å². The minimum Gasteiger partial charge on any atom is -0.359 e. The van der Waals surface area contributed by atoms with Gasteiger partial charge in [0, 0.05) is 36.8 Å². The van der Waals surface area contributed by atoms with E-state index >= 15 is 0 Å². The maximum atomic E-state index is 14.3. The molecule has 2 aromatic carbocycles. The lowest BCUT2D eigenvalue weighted by molar-refractivity contribution is 0.221. The molecule has 2 N–H and O–H groups in total. The van der Waals surface area contributed by atoms with E-state index in [1.165, 1.54) is 0 Å². The van der Waals surface area contributed by atoms with E-state index in [0.717, 1.165) is 45.1 Å². The zero-order chi connectivity index (χ0) is 26.0. The fraction of sp³-hybridized carbons (Fsp3) is 0.258. The Morgan fingerprint density at radius 3 is 2.37 bits per heavy atom. The molecule has 184 valence electrons. The van der Waals surface area contributed by atoms with Gasteiger partial charge < -0.3 is 10.6 Å². The largest absolute Gasteiger partial charge is 0.359 e. The first-order chi connectivity index (χ1) is 16.6. The van der Waals surface area contributed by atoms with E-state index in [0.29, 0.717) is 12.0 Å². The van der Waals surface area contributed by atoms with Gasteiger partial charge in [0.15, 0.2) is 0 Å². The van der Waals surface area contributed by atoms with Gasteiger partial charge in [-0.25, -0.2) is 4.39 Å². The molecule has 2 rings (SSSR count). The lowest BCUT2D eigenvalue weighted by Gasteiger charge is -2.17. The van der Waals surface area contributed by atoms with Gasteiger partial charge >= 0.3 is 0 Å². The highest BCUT2D eigenvalue weighted by Crippen LogP contribution is 2.27. The Labute approximate surface area is 210 Å². The highest BCUT2D eigenvalue weighted by atomic mass is 19.1. The molecule has 4 heteroatoms. The van der Waals surface area contributed by atoms with Crippen molar-refractivity contribution < 1.29 is 4.39 Å². The smallest absolute Gasteiger partial charge is 0.130 e. The van der Waals surface area contributed by atoms with E-state index in [2.05, 4.69) is 66.0 Å². The van der Waals surface area contributed by atoms with E-state index in [1.807, 2.05) is 44.2 Å². The van der Waals surface area contributed by atoms with Crippen LogP contribution in [-0.4, -0.2) is 13.3 Å². The van der Waals surface area contributed by atoms with Gasteiger partial charge in [0.2, 0.25) is 0 Å². The number of nitrogens with one attached hydrogen (secondary N) is 2. The number of halogens is 1. The molecule has 0 bridgehead atoms. The number of benzene rings is 2. The number of rotatable bonds is 11. The molecule has 0 aromatic heterocycles. The van der Waals surface area contributed by atoms with Crippen molar-refractivity contribution >= 4 is 17.5 Å². The summed E-state index contributed by atoms with van der Waals surface area (Å²) in [6.45, 7) is 17.4. The molecule has 0 saturated heterocycles. The summed E-state index contributed by atoms with van der Waals surface area (Å²) in [5.41, 5.74) is 7.34. The Balaban J connectivity index is 2.11. The molecule has 0 heterocycles. The third-order valence-corrected chi connectivity index (χ3v) is 5.67. The predicted octanol–water partition coefficient (Wildman–Crippen LogP) is 8.12. The molecular weight excluding hydrogens is 433 g/mol. The Bertz CT molecular complexity index is 1160. The number of alkyl halides is 1. The van der Waals surface area contributed by atoms with Crippen LogP contribution in [0.5, 0.6) is 0 Å². The van der Waals surface area contributed by atoms with Crippen LogP contribution in [0.15, 0.2) is 108 Å². The summed E-state index contributed by atoms with van der Waals surface area (Å²) in [5.74, 6) is 0. The highest BCUT2D eigenvalue weighted by molar-refractivity contribution is 5.78. The van der Waals surface area contributed by atoms with Crippen molar-refractivity contribution in [2.24, 2.45) is 4.99 Å². The normalized spacial score (nSPS) is 13.5. The van der Waals surface area contributed by atoms with Crippen molar-refractivity contribution in [3.8, 4) is 0 Å². The molecule has 0 radical (unpaired) electrons. The van der Waals surface area contributed by atoms with E-state index in [-0.39, 0.29) is 0 Å². The minimum atomic E-state index is -1.38. The zero-order valence-corrected chi connectivity index (χ0v) is 21.9. The standard InChI is InChI=1S/C31H38FN3/c1-9-26(18-22(3)24(5)35-29(10-2)21-33-8)27-16-14-25(15-17-27)19-23(4)34-30-13-11-12-28(20-30)31(6,7)32/h9-18,20-21,34-35H,1,4,19H2,2-3,5-8H3/b24-22+,26-18+,29-10+,33-21?. The van der Waals surface area contributed by atoms with E-state index in [9.17, 15) is 4.39 Å². The average molecular weight is 472 g/mol. The summed E-state index contributed by atoms with van der Waals surface area (Å²) in [7, 11) is 1.76. The quantitative estimate of drug-likeness (QED) is 0.256. The molecule has 0 fully saturated rings. The molecular formula is C31H38FN3. The Morgan fingerprint density at radius 2 is 1.80 bits per heavy atom. The summed E-state index contributed by atoms with van der Waals surface area (Å²) in [4.78, 5) is 4.07. The fourth-order valence-corrected chi connectivity index (χ4v) is 3.51. The molecule has 0 saturated carbocycles. The van der Waals surface area contributed by atoms with Gasteiger partial charge in [-0.05, 0) is 80.7 Å². The van der Waals surface area contributed by atoms with Crippen LogP contribution in [0, 0.1) is 0 Å². The highest BCUT2D eigenvalue weighted by Gasteiger charge is 2.18. The van der Waals surface area contributed by atoms with Crippen LogP contribution < -0.4 is 10.6 Å². The molecule has 0 aliphatic carbocycles. The second-order valence-electron chi connectivity index (χ2n) is 9.02. The molecule has 0 spiro atoms. The third kappa shape index (κ3) is 8.56. The zero-order valence-electron chi connectivity index (χ0n) is 21.9. The van der Waals surface area contributed by atoms with Crippen molar-refractivity contribution in [3.63, 3.8) is 0 Å². The van der Waals surface area contributed by atoms with Crippen LogP contribution >= 0.6 is 0 Å². The number of aliphatic imine (C=N–C) groups is 1. The molecule has 35 heavy (non-hydrogen) atoms. The van der Waals surface area contributed by atoms with Crippen molar-refractivity contribution in [3.05, 3.63) is 119 Å². The van der Waals surface area contributed by atoms with Gasteiger partial charge in [0.25, 0.3) is 0 Å². The summed E-state index contributed by atoms with van der Waals surface area (Å²) in [5, 5.41) is 6.69. The van der Waals surface area contributed by atoms with Gasteiger partial charge in [0.1, 0.15) is 5.67 Å². The maximum Gasteiger partial charge on any atom is 0.130 e. The number of allylic oxidation sites excluding steroid dienone is 8. The Hall–Kier alpha value is -3.66. The van der Waals surface area contributed by atoms with Gasteiger partial charge in [0.05, 0.1) is 5.70 Å². The third-order valence-electron chi connectivity index (χ3n) is 5.67. The first-order valence-electron chi connectivity index (χ1n) is 11.8. The van der Waals surface area contributed by atoms with Gasteiger partial charge in [-0.3, -0.25) is 4.99 Å². The monoisotopic (exact) mass is 471 g/mol. The van der Waals surface area contributed by atoms with E-state index in [1.54, 1.807) is 33.2 Å². The van der Waals surface area contributed by atoms with Crippen LogP contribution in [0.4, 0.5) is 10.1 Å². The topological polar surface area (TPSA) is 36.4 Å². The van der Waals surface area contributed by atoms with Crippen molar-refractivity contribution in [2.75, 3.05) is 12.4 Å². The average Bonchev–Trinajstić information content (AvgIpc) is 2.82. The van der Waals surface area contributed by atoms with Gasteiger partial charge in [-0.1, -0.05) is 61.7 Å².